The van der Waals surface area contributed by atoms with Gasteiger partial charge >= 0.3 is 5.97 Å². The van der Waals surface area contributed by atoms with E-state index in [1.54, 1.807) is 41.1 Å². The summed E-state index contributed by atoms with van der Waals surface area (Å²) in [5, 5.41) is 33.8. The molecular weight excluding hydrogens is 835 g/mol. The third-order valence-electron chi connectivity index (χ3n) is 14.5. The van der Waals surface area contributed by atoms with E-state index >= 15 is 0 Å². The Morgan fingerprint density at radius 1 is 0.846 bits per heavy atom. The minimum atomic E-state index is -2.43. The molecule has 15 atom stereocenters. The molecule has 2 unspecified atom stereocenters. The molecular formula is C51H79NO13. The highest BCUT2D eigenvalue weighted by Gasteiger charge is 2.53. The first-order valence-corrected chi connectivity index (χ1v) is 23.9. The number of hydrogen-bond donors (Lipinski definition) is 3. The molecule has 4 aliphatic rings. The third-order valence-corrected chi connectivity index (χ3v) is 14.5. The highest BCUT2D eigenvalue weighted by molar-refractivity contribution is 6.39. The number of ketones is 3. The van der Waals surface area contributed by atoms with Crippen LogP contribution in [0.15, 0.2) is 47.6 Å². The molecule has 14 heteroatoms. The lowest BCUT2D eigenvalue weighted by Gasteiger charge is -2.42. The molecule has 0 aromatic heterocycles. The van der Waals surface area contributed by atoms with E-state index in [4.69, 9.17) is 23.7 Å². The van der Waals surface area contributed by atoms with Crippen molar-refractivity contribution in [3.05, 3.63) is 47.6 Å². The second-order valence-corrected chi connectivity index (χ2v) is 19.6. The van der Waals surface area contributed by atoms with Gasteiger partial charge in [-0.1, -0.05) is 71.1 Å². The van der Waals surface area contributed by atoms with Gasteiger partial charge in [0.25, 0.3) is 11.7 Å². The van der Waals surface area contributed by atoms with Crippen LogP contribution in [-0.4, -0.2) is 132 Å². The quantitative estimate of drug-likeness (QED) is 0.156. The van der Waals surface area contributed by atoms with Crippen molar-refractivity contribution in [2.24, 2.45) is 35.5 Å². The third kappa shape index (κ3) is 14.3. The Labute approximate surface area is 387 Å². The van der Waals surface area contributed by atoms with Crippen LogP contribution in [0.5, 0.6) is 0 Å². The summed E-state index contributed by atoms with van der Waals surface area (Å²) >= 11 is 0. The van der Waals surface area contributed by atoms with Crippen molar-refractivity contribution in [3.8, 4) is 0 Å². The number of Topliss-reactive ketones (excluding diaryl/α,β-unsaturated/α-hetero) is 3. The second kappa shape index (κ2) is 25.1. The molecule has 0 aromatic carbocycles. The summed E-state index contributed by atoms with van der Waals surface area (Å²) in [6.07, 6.45) is 11.2. The van der Waals surface area contributed by atoms with Crippen LogP contribution in [0.1, 0.15) is 126 Å². The first-order chi connectivity index (χ1) is 30.7. The maximum absolute atomic E-state index is 14.4. The van der Waals surface area contributed by atoms with Gasteiger partial charge in [-0.25, -0.2) is 4.79 Å². The second-order valence-electron chi connectivity index (χ2n) is 19.6. The van der Waals surface area contributed by atoms with Crippen molar-refractivity contribution in [1.82, 2.24) is 4.90 Å². The number of esters is 1. The van der Waals surface area contributed by atoms with E-state index in [0.29, 0.717) is 63.4 Å². The lowest BCUT2D eigenvalue weighted by Crippen LogP contribution is -2.61. The fourth-order valence-corrected chi connectivity index (χ4v) is 10.1. The smallest absolute Gasteiger partial charge is 0.329 e. The van der Waals surface area contributed by atoms with E-state index in [2.05, 4.69) is 0 Å². The zero-order valence-electron chi connectivity index (χ0n) is 40.6. The van der Waals surface area contributed by atoms with Gasteiger partial charge in [0.05, 0.1) is 24.4 Å². The van der Waals surface area contributed by atoms with Crippen molar-refractivity contribution >= 4 is 29.2 Å². The highest BCUT2D eigenvalue weighted by Crippen LogP contribution is 2.38. The van der Waals surface area contributed by atoms with Gasteiger partial charge < -0.3 is 43.9 Å². The average molecular weight is 914 g/mol. The number of nitrogens with zero attached hydrogens (tertiary/aromatic N) is 1. The van der Waals surface area contributed by atoms with Gasteiger partial charge in [-0.05, 0) is 107 Å². The van der Waals surface area contributed by atoms with Crippen LogP contribution >= 0.6 is 0 Å². The van der Waals surface area contributed by atoms with Crippen LogP contribution < -0.4 is 0 Å². The molecule has 2 saturated heterocycles. The average Bonchev–Trinajstić information content (AvgIpc) is 3.28. The SMILES string of the molecule is CO[C@H]1C[C@@H]2CC[C@@H](C)[C@@](O)(O2)C(=O)C(=O)N2CCCC[C@H]2C(=O)OC([C@H](C)CC2CC[C@@H](O)[C@H](OC)C2)CC(=O)[C@H](C)/C=C(\C)[C@H](O)[C@@H](OC)C(=O)[C@H](C)C[C@H](C)/C=C/C=CC=C1C. The largest absolute Gasteiger partial charge is 0.460 e. The summed E-state index contributed by atoms with van der Waals surface area (Å²) in [6, 6.07) is -1.14. The number of ether oxygens (including phenoxy) is 5. The predicted octanol–water partition coefficient (Wildman–Crippen LogP) is 6.18. The minimum absolute atomic E-state index is 0.0193. The number of fused-ring (bicyclic) bond motifs is 3. The topological polar surface area (TPSA) is 195 Å². The maximum Gasteiger partial charge on any atom is 0.329 e. The Bertz CT molecular complexity index is 1760. The number of methoxy groups -OCH3 is 3. The molecule has 14 nitrogen and oxygen atoms in total. The first kappa shape index (κ1) is 54.2. The molecule has 0 spiro atoms. The number of hydrogen-bond acceptors (Lipinski definition) is 13. The summed E-state index contributed by atoms with van der Waals surface area (Å²) < 4.78 is 29.4. The van der Waals surface area contributed by atoms with E-state index in [1.807, 2.05) is 58.1 Å². The molecule has 3 heterocycles. The molecule has 3 aliphatic heterocycles. The number of cyclic esters (lactones) is 1. The molecule has 3 N–H and O–H groups in total. The zero-order valence-corrected chi connectivity index (χ0v) is 40.6. The van der Waals surface area contributed by atoms with Crippen molar-refractivity contribution in [2.75, 3.05) is 27.9 Å². The number of carbonyl (C=O) groups is 5. The summed E-state index contributed by atoms with van der Waals surface area (Å²) in [6.45, 7) is 12.7. The van der Waals surface area contributed by atoms with E-state index in [0.717, 1.165) is 12.0 Å². The fourth-order valence-electron chi connectivity index (χ4n) is 10.1. The number of rotatable bonds is 6. The zero-order chi connectivity index (χ0) is 48.2. The van der Waals surface area contributed by atoms with Crippen LogP contribution in [0, 0.1) is 35.5 Å². The number of aliphatic hydroxyl groups is 3. The van der Waals surface area contributed by atoms with Crippen LogP contribution in [0.4, 0.5) is 0 Å². The number of allylic oxidation sites excluding steroid dienone is 6. The van der Waals surface area contributed by atoms with Crippen LogP contribution in [-0.2, 0) is 47.7 Å². The Morgan fingerprint density at radius 2 is 1.57 bits per heavy atom. The van der Waals surface area contributed by atoms with Crippen LogP contribution in [0.25, 0.3) is 0 Å². The molecule has 1 aliphatic carbocycles. The Morgan fingerprint density at radius 3 is 2.25 bits per heavy atom. The van der Waals surface area contributed by atoms with Crippen molar-refractivity contribution in [3.63, 3.8) is 0 Å². The summed E-state index contributed by atoms with van der Waals surface area (Å²) in [5.74, 6) is -7.96. The molecule has 1 saturated carbocycles. The first-order valence-electron chi connectivity index (χ1n) is 23.9. The van der Waals surface area contributed by atoms with E-state index in [1.165, 1.54) is 12.0 Å². The number of aliphatic hydroxyl groups excluding tert-OH is 2. The fraction of sp³-hybridized carbons (Fsp3) is 0.745. The van der Waals surface area contributed by atoms with Crippen LogP contribution in [0.2, 0.25) is 0 Å². The Kier molecular flexibility index (Phi) is 21.0. The lowest BCUT2D eigenvalue weighted by molar-refractivity contribution is -0.265. The minimum Gasteiger partial charge on any atom is -0.460 e. The van der Waals surface area contributed by atoms with Gasteiger partial charge in [0.2, 0.25) is 5.79 Å². The van der Waals surface area contributed by atoms with Crippen molar-refractivity contribution in [1.29, 1.82) is 0 Å². The summed E-state index contributed by atoms with van der Waals surface area (Å²) in [7, 11) is 4.52. The predicted molar refractivity (Wildman–Crippen MR) is 245 cm³/mol. The monoisotopic (exact) mass is 914 g/mol. The van der Waals surface area contributed by atoms with Gasteiger partial charge in [-0.2, -0.15) is 0 Å². The Hall–Kier alpha value is -3.37. The number of carbonyl (C=O) groups excluding carboxylic acids is 5. The van der Waals surface area contributed by atoms with Gasteiger partial charge in [-0.15, -0.1) is 0 Å². The Balaban J connectivity index is 1.70. The van der Waals surface area contributed by atoms with E-state index in [-0.39, 0.29) is 54.8 Å². The van der Waals surface area contributed by atoms with Crippen molar-refractivity contribution < 1.29 is 63.0 Å². The molecule has 0 aromatic rings. The summed E-state index contributed by atoms with van der Waals surface area (Å²) in [4.78, 5) is 71.8. The highest BCUT2D eigenvalue weighted by atomic mass is 16.6. The van der Waals surface area contributed by atoms with Gasteiger partial charge in [0.15, 0.2) is 5.78 Å². The van der Waals surface area contributed by atoms with Crippen LogP contribution in [0.3, 0.4) is 0 Å². The maximum atomic E-state index is 14.4. The molecule has 3 fully saturated rings. The molecule has 4 rings (SSSR count). The van der Waals surface area contributed by atoms with Crippen molar-refractivity contribution in [2.45, 2.75) is 180 Å². The molecule has 0 radical (unpaired) electrons. The van der Waals surface area contributed by atoms with E-state index < -0.39 is 83.9 Å². The lowest BCUT2D eigenvalue weighted by atomic mass is 9.78. The molecule has 2 bridgehead atoms. The standard InChI is InChI=1S/C51H79NO13/c1-30-16-12-11-13-17-31(2)42(61-8)28-38-21-19-36(7)51(60,65-38)48(57)49(58)52-23-15-14-18-39(52)50(59)64-43(33(4)26-37-20-22-40(53)44(27-37)62-9)29-41(54)32(3)25-35(6)46(56)47(63-10)45(55)34(5)24-30/h11-13,16-17,25,30,32-34,36-40,42-44,46-47,53,56,60H,14-15,18-24,26-29H2,1-10H3/b13-11?,16-12+,31-17?,35-25+/t30-,32-,33-,34-,36-,37?,38+,39+,40-,42+,43?,44-,46+,47+,51-/m1/s1. The van der Waals surface area contributed by atoms with Gasteiger partial charge in [0, 0.05) is 58.5 Å². The number of piperidine rings is 1. The normalized spacial score (nSPS) is 39.1. The van der Waals surface area contributed by atoms with Gasteiger partial charge in [0.1, 0.15) is 30.1 Å². The van der Waals surface area contributed by atoms with Gasteiger partial charge in [-0.3, -0.25) is 19.2 Å². The number of amides is 1. The molecule has 1 amide bonds. The molecule has 65 heavy (non-hydrogen) atoms. The van der Waals surface area contributed by atoms with E-state index in [9.17, 15) is 39.3 Å². The summed E-state index contributed by atoms with van der Waals surface area (Å²) in [5.41, 5.74) is 1.27. The molecule has 366 valence electrons.